The number of hydrogen-bond acceptors (Lipinski definition) is 6. The van der Waals surface area contributed by atoms with Crippen molar-refractivity contribution in [3.63, 3.8) is 0 Å². The lowest BCUT2D eigenvalue weighted by Gasteiger charge is -2.19. The van der Waals surface area contributed by atoms with Crippen LogP contribution in [0.2, 0.25) is 0 Å². The van der Waals surface area contributed by atoms with Crippen molar-refractivity contribution in [2.45, 2.75) is 32.1 Å². The van der Waals surface area contributed by atoms with E-state index >= 15 is 0 Å². The fourth-order valence-corrected chi connectivity index (χ4v) is 4.11. The maximum absolute atomic E-state index is 13.0. The van der Waals surface area contributed by atoms with Crippen molar-refractivity contribution in [2.24, 2.45) is 5.92 Å². The summed E-state index contributed by atoms with van der Waals surface area (Å²) in [5.74, 6) is 0.607. The van der Waals surface area contributed by atoms with Crippen molar-refractivity contribution in [1.82, 2.24) is 20.3 Å². The highest BCUT2D eigenvalue weighted by Gasteiger charge is 2.21. The average molecular weight is 451 g/mol. The summed E-state index contributed by atoms with van der Waals surface area (Å²) in [4.78, 5) is 37.6. The number of pyridine rings is 1. The van der Waals surface area contributed by atoms with E-state index in [1.807, 2.05) is 24.3 Å². The minimum absolute atomic E-state index is 0.0107. The first kappa shape index (κ1) is 23.1. The minimum atomic E-state index is -0.183. The molecule has 8 heteroatoms. The molecule has 1 aliphatic rings. The van der Waals surface area contributed by atoms with E-state index in [1.165, 1.54) is 0 Å². The second-order valence-corrected chi connectivity index (χ2v) is 8.28. The van der Waals surface area contributed by atoms with Crippen molar-refractivity contribution in [3.05, 3.63) is 47.7 Å². The molecule has 1 fully saturated rings. The van der Waals surface area contributed by atoms with Gasteiger partial charge < -0.3 is 19.8 Å². The molecular formula is C25H30N4O4. The number of imidazole rings is 1. The lowest BCUT2D eigenvalue weighted by molar-refractivity contribution is 0.0753. The van der Waals surface area contributed by atoms with E-state index in [1.54, 1.807) is 19.4 Å². The summed E-state index contributed by atoms with van der Waals surface area (Å²) in [6.07, 6.45) is 6.03. The Kier molecular flexibility index (Phi) is 7.80. The highest BCUT2D eigenvalue weighted by atomic mass is 16.5. The van der Waals surface area contributed by atoms with Crippen LogP contribution in [0.25, 0.3) is 22.6 Å². The normalized spacial score (nSPS) is 16.8. The quantitative estimate of drug-likeness (QED) is 0.400. The minimum Gasteiger partial charge on any atom is -0.385 e. The van der Waals surface area contributed by atoms with Gasteiger partial charge in [0.25, 0.3) is 5.91 Å². The van der Waals surface area contributed by atoms with Crippen LogP contribution in [0.15, 0.2) is 36.5 Å². The van der Waals surface area contributed by atoms with Gasteiger partial charge in [0.15, 0.2) is 11.4 Å². The van der Waals surface area contributed by atoms with Crippen LogP contribution in [-0.4, -0.2) is 60.1 Å². The Morgan fingerprint density at radius 1 is 1.15 bits per heavy atom. The van der Waals surface area contributed by atoms with Gasteiger partial charge in [-0.25, -0.2) is 9.97 Å². The standard InChI is InChI=1S/C25H30N4O4/c1-32-14-4-12-27-25(31)20-10-13-26-24-21(20)28-23(29-24)19-8-6-18(7-9-19)22(30)17-5-2-3-15-33-16-11-17/h6-10,13,17H,2-5,11-12,14-16H2,1H3,(H,27,31)(H,26,28,29)/t17-/m0/s1. The molecule has 3 heterocycles. The number of ketones is 1. The summed E-state index contributed by atoms with van der Waals surface area (Å²) in [6, 6.07) is 9.14. The number of benzene rings is 1. The smallest absolute Gasteiger partial charge is 0.253 e. The number of Topliss-reactive ketones (excluding diaryl/α,β-unsaturated/α-hetero) is 1. The number of fused-ring (bicyclic) bond motifs is 1. The van der Waals surface area contributed by atoms with Gasteiger partial charge in [-0.1, -0.05) is 30.7 Å². The van der Waals surface area contributed by atoms with E-state index in [-0.39, 0.29) is 17.6 Å². The Morgan fingerprint density at radius 3 is 2.82 bits per heavy atom. The van der Waals surface area contributed by atoms with Gasteiger partial charge in [-0.15, -0.1) is 0 Å². The fourth-order valence-electron chi connectivity index (χ4n) is 4.11. The summed E-state index contributed by atoms with van der Waals surface area (Å²) in [5.41, 5.74) is 3.09. The van der Waals surface area contributed by atoms with E-state index in [9.17, 15) is 9.59 Å². The van der Waals surface area contributed by atoms with Gasteiger partial charge in [-0.2, -0.15) is 0 Å². The lowest BCUT2D eigenvalue weighted by atomic mass is 9.89. The number of aromatic amines is 1. The van der Waals surface area contributed by atoms with Crippen LogP contribution >= 0.6 is 0 Å². The third-order valence-corrected chi connectivity index (χ3v) is 5.96. The number of amides is 1. The Hall–Kier alpha value is -3.10. The van der Waals surface area contributed by atoms with Crippen molar-refractivity contribution >= 4 is 22.9 Å². The van der Waals surface area contributed by atoms with Gasteiger partial charge in [0.1, 0.15) is 5.82 Å². The van der Waals surface area contributed by atoms with Crippen LogP contribution in [0.1, 0.15) is 52.8 Å². The van der Waals surface area contributed by atoms with Gasteiger partial charge in [-0.05, 0) is 31.7 Å². The molecule has 1 atom stereocenters. The van der Waals surface area contributed by atoms with Gasteiger partial charge in [0, 0.05) is 56.7 Å². The lowest BCUT2D eigenvalue weighted by Crippen LogP contribution is -2.25. The Bertz CT molecular complexity index is 1090. The van der Waals surface area contributed by atoms with E-state index in [0.29, 0.717) is 47.9 Å². The largest absolute Gasteiger partial charge is 0.385 e. The molecule has 3 aromatic rings. The molecule has 33 heavy (non-hydrogen) atoms. The molecule has 0 aliphatic carbocycles. The number of ether oxygens (including phenoxy) is 2. The molecule has 0 saturated carbocycles. The summed E-state index contributed by atoms with van der Waals surface area (Å²) in [6.45, 7) is 2.55. The second-order valence-electron chi connectivity index (χ2n) is 8.28. The molecule has 0 spiro atoms. The predicted molar refractivity (Wildman–Crippen MR) is 125 cm³/mol. The van der Waals surface area contributed by atoms with Crippen LogP contribution in [0.5, 0.6) is 0 Å². The maximum Gasteiger partial charge on any atom is 0.253 e. The second kappa shape index (κ2) is 11.2. The molecular weight excluding hydrogens is 420 g/mol. The van der Waals surface area contributed by atoms with Crippen molar-refractivity contribution < 1.29 is 19.1 Å². The fraction of sp³-hybridized carbons (Fsp3) is 0.440. The molecule has 2 aromatic heterocycles. The van der Waals surface area contributed by atoms with Crippen LogP contribution < -0.4 is 5.32 Å². The summed E-state index contributed by atoms with van der Waals surface area (Å²) in [5, 5.41) is 2.89. The van der Waals surface area contributed by atoms with Crippen molar-refractivity contribution in [3.8, 4) is 11.4 Å². The molecule has 1 saturated heterocycles. The number of H-pyrrole nitrogens is 1. The molecule has 1 aliphatic heterocycles. The predicted octanol–water partition coefficient (Wildman–Crippen LogP) is 3.78. The molecule has 4 rings (SSSR count). The number of aromatic nitrogens is 3. The monoisotopic (exact) mass is 450 g/mol. The first-order valence-corrected chi connectivity index (χ1v) is 11.5. The van der Waals surface area contributed by atoms with Gasteiger partial charge in [0.2, 0.25) is 0 Å². The molecule has 0 radical (unpaired) electrons. The zero-order valence-corrected chi connectivity index (χ0v) is 18.9. The number of hydrogen-bond donors (Lipinski definition) is 2. The highest BCUT2D eigenvalue weighted by molar-refractivity contribution is 6.04. The number of methoxy groups -OCH3 is 1. The first-order chi connectivity index (χ1) is 16.2. The van der Waals surface area contributed by atoms with E-state index in [0.717, 1.165) is 44.3 Å². The van der Waals surface area contributed by atoms with E-state index in [4.69, 9.17) is 9.47 Å². The third-order valence-electron chi connectivity index (χ3n) is 5.96. The maximum atomic E-state index is 13.0. The summed E-state index contributed by atoms with van der Waals surface area (Å²) in [7, 11) is 1.64. The summed E-state index contributed by atoms with van der Waals surface area (Å²) >= 11 is 0. The zero-order valence-electron chi connectivity index (χ0n) is 18.9. The third kappa shape index (κ3) is 5.64. The number of carbonyl (C=O) groups excluding carboxylic acids is 2. The Morgan fingerprint density at radius 2 is 2.00 bits per heavy atom. The number of rotatable bonds is 8. The molecule has 2 N–H and O–H groups in total. The Balaban J connectivity index is 1.49. The van der Waals surface area contributed by atoms with Crippen LogP contribution in [0.4, 0.5) is 0 Å². The van der Waals surface area contributed by atoms with Crippen LogP contribution in [0, 0.1) is 5.92 Å². The summed E-state index contributed by atoms with van der Waals surface area (Å²) < 4.78 is 10.6. The number of carbonyl (C=O) groups is 2. The van der Waals surface area contributed by atoms with Crippen LogP contribution in [-0.2, 0) is 9.47 Å². The van der Waals surface area contributed by atoms with Gasteiger partial charge in [0.05, 0.1) is 11.1 Å². The number of nitrogens with one attached hydrogen (secondary N) is 2. The van der Waals surface area contributed by atoms with E-state index in [2.05, 4.69) is 20.3 Å². The molecule has 0 unspecified atom stereocenters. The molecule has 1 amide bonds. The zero-order chi connectivity index (χ0) is 23.0. The van der Waals surface area contributed by atoms with Gasteiger partial charge >= 0.3 is 0 Å². The van der Waals surface area contributed by atoms with Gasteiger partial charge in [-0.3, -0.25) is 9.59 Å². The van der Waals surface area contributed by atoms with Crippen molar-refractivity contribution in [2.75, 3.05) is 33.5 Å². The molecule has 1 aromatic carbocycles. The SMILES string of the molecule is COCCCNC(=O)c1ccnc2nc(-c3ccc(C(=O)[C@H]4CCCCOCC4)cc3)[nH]c12. The highest BCUT2D eigenvalue weighted by Crippen LogP contribution is 2.25. The molecule has 0 bridgehead atoms. The first-order valence-electron chi connectivity index (χ1n) is 11.5. The Labute approximate surface area is 193 Å². The molecule has 8 nitrogen and oxygen atoms in total. The topological polar surface area (TPSA) is 106 Å². The molecule has 174 valence electrons. The number of nitrogens with zero attached hydrogens (tertiary/aromatic N) is 2. The average Bonchev–Trinajstić information content (AvgIpc) is 3.26. The van der Waals surface area contributed by atoms with Crippen molar-refractivity contribution in [1.29, 1.82) is 0 Å². The van der Waals surface area contributed by atoms with Crippen LogP contribution in [0.3, 0.4) is 0 Å². The van der Waals surface area contributed by atoms with E-state index < -0.39 is 0 Å².